The molecule has 1 aromatic heterocycles. The predicted molar refractivity (Wildman–Crippen MR) is 134 cm³/mol. The number of para-hydroxylation sites is 2. The molecular weight excluding hydrogens is 454 g/mol. The lowest BCUT2D eigenvalue weighted by molar-refractivity contribution is 0.414. The first-order chi connectivity index (χ1) is 16.1. The van der Waals surface area contributed by atoms with Gasteiger partial charge in [-0.3, -0.25) is 4.57 Å². The molecule has 7 nitrogen and oxygen atoms in total. The highest BCUT2D eigenvalue weighted by Gasteiger charge is 2.14. The van der Waals surface area contributed by atoms with Crippen molar-refractivity contribution in [2.75, 3.05) is 14.2 Å². The number of methoxy groups -OCH3 is 2. The van der Waals surface area contributed by atoms with E-state index in [-0.39, 0.29) is 5.17 Å². The topological polar surface area (TPSA) is 87.5 Å². The Labute approximate surface area is 201 Å². The summed E-state index contributed by atoms with van der Waals surface area (Å²) in [5, 5.41) is 0.823. The number of hydrogen-bond donors (Lipinski definition) is 1. The van der Waals surface area contributed by atoms with E-state index in [0.29, 0.717) is 27.2 Å². The van der Waals surface area contributed by atoms with Crippen LogP contribution in [0.5, 0.6) is 11.5 Å². The lowest BCUT2D eigenvalue weighted by Crippen LogP contribution is -2.13. The van der Waals surface area contributed by atoms with Crippen LogP contribution in [-0.2, 0) is 0 Å². The minimum atomic E-state index is 0.286. The first kappa shape index (κ1) is 22.5. The fourth-order valence-corrected chi connectivity index (χ4v) is 4.16. The number of ether oxygens (including phenoxy) is 2. The van der Waals surface area contributed by atoms with E-state index >= 15 is 0 Å². The van der Waals surface area contributed by atoms with Gasteiger partial charge in [-0.15, -0.1) is 0 Å². The summed E-state index contributed by atoms with van der Waals surface area (Å²) in [6, 6.07) is 24.5. The van der Waals surface area contributed by atoms with Gasteiger partial charge in [0.1, 0.15) is 17.2 Å². The molecule has 0 fully saturated rings. The fraction of sp³-hybridized carbons (Fsp3) is 0.0833. The molecule has 9 heteroatoms. The van der Waals surface area contributed by atoms with Crippen molar-refractivity contribution in [2.24, 2.45) is 10.7 Å². The molecule has 3 aromatic carbocycles. The second-order valence-corrected chi connectivity index (χ2v) is 8.09. The Bertz CT molecular complexity index is 1340. The van der Waals surface area contributed by atoms with Crippen LogP contribution < -0.4 is 15.2 Å². The smallest absolute Gasteiger partial charge is 0.208 e. The summed E-state index contributed by atoms with van der Waals surface area (Å²) in [4.78, 5) is 13.9. The summed E-state index contributed by atoms with van der Waals surface area (Å²) in [5.41, 5.74) is 8.58. The number of aliphatic imine (C=N–C) groups is 1. The van der Waals surface area contributed by atoms with Crippen molar-refractivity contribution in [3.8, 4) is 28.6 Å². The highest BCUT2D eigenvalue weighted by molar-refractivity contribution is 8.13. The van der Waals surface area contributed by atoms with Gasteiger partial charge in [0, 0.05) is 5.56 Å². The zero-order valence-electron chi connectivity index (χ0n) is 18.0. The minimum absolute atomic E-state index is 0.286. The van der Waals surface area contributed by atoms with E-state index in [2.05, 4.69) is 9.98 Å². The Morgan fingerprint density at radius 3 is 2.30 bits per heavy atom. The lowest BCUT2D eigenvalue weighted by Gasteiger charge is -2.14. The third-order valence-corrected chi connectivity index (χ3v) is 5.69. The molecule has 0 aliphatic rings. The fourth-order valence-electron chi connectivity index (χ4n) is 3.08. The zero-order chi connectivity index (χ0) is 23.2. The second-order valence-electron chi connectivity index (χ2n) is 6.74. The number of amidine groups is 1. The van der Waals surface area contributed by atoms with Crippen LogP contribution in [0.4, 0.5) is 5.69 Å². The van der Waals surface area contributed by atoms with Gasteiger partial charge in [-0.1, -0.05) is 42.5 Å². The van der Waals surface area contributed by atoms with Crippen LogP contribution >= 0.6 is 24.0 Å². The van der Waals surface area contributed by atoms with Crippen LogP contribution in [0.3, 0.4) is 0 Å². The maximum atomic E-state index is 6.32. The van der Waals surface area contributed by atoms with E-state index < -0.39 is 0 Å². The SMILES string of the molecule is COc1ccc(-n2c(SC(N)=Nc3ccccc3OC)nc(-c3ccccc3)nc2=S)cc1. The van der Waals surface area contributed by atoms with Crippen molar-refractivity contribution >= 4 is 34.8 Å². The van der Waals surface area contributed by atoms with E-state index in [4.69, 9.17) is 32.4 Å². The maximum absolute atomic E-state index is 6.32. The molecule has 0 spiro atoms. The van der Waals surface area contributed by atoms with E-state index in [1.165, 1.54) is 11.8 Å². The molecule has 0 amide bonds. The number of benzene rings is 3. The first-order valence-corrected chi connectivity index (χ1v) is 11.2. The predicted octanol–water partition coefficient (Wildman–Crippen LogP) is 5.42. The Kier molecular flexibility index (Phi) is 7.01. The Hall–Kier alpha value is -3.69. The first-order valence-electron chi connectivity index (χ1n) is 9.95. The van der Waals surface area contributed by atoms with Gasteiger partial charge < -0.3 is 15.2 Å². The number of nitrogens with zero attached hydrogens (tertiary/aromatic N) is 4. The summed E-state index contributed by atoms with van der Waals surface area (Å²) >= 11 is 6.86. The molecular formula is C24H21N5O2S2. The molecule has 0 unspecified atom stereocenters. The van der Waals surface area contributed by atoms with Gasteiger partial charge in [0.25, 0.3) is 0 Å². The van der Waals surface area contributed by atoms with Crippen LogP contribution in [0.1, 0.15) is 0 Å². The number of rotatable bonds is 6. The third kappa shape index (κ3) is 5.21. The van der Waals surface area contributed by atoms with Crippen LogP contribution in [-0.4, -0.2) is 33.9 Å². The summed E-state index contributed by atoms with van der Waals surface area (Å²) < 4.78 is 12.8. The molecule has 4 aromatic rings. The zero-order valence-corrected chi connectivity index (χ0v) is 19.6. The lowest BCUT2D eigenvalue weighted by atomic mass is 10.2. The third-order valence-electron chi connectivity index (χ3n) is 4.66. The highest BCUT2D eigenvalue weighted by Crippen LogP contribution is 2.30. The Morgan fingerprint density at radius 2 is 1.61 bits per heavy atom. The quantitative estimate of drug-likeness (QED) is 0.172. The van der Waals surface area contributed by atoms with Gasteiger partial charge in [-0.05, 0) is 60.4 Å². The second kappa shape index (κ2) is 10.3. The number of hydrogen-bond acceptors (Lipinski definition) is 7. The largest absolute Gasteiger partial charge is 0.497 e. The van der Waals surface area contributed by atoms with E-state index in [0.717, 1.165) is 17.0 Å². The molecule has 0 radical (unpaired) electrons. The average molecular weight is 476 g/mol. The Morgan fingerprint density at radius 1 is 0.909 bits per heavy atom. The molecule has 0 saturated carbocycles. The van der Waals surface area contributed by atoms with E-state index in [1.54, 1.807) is 18.8 Å². The van der Waals surface area contributed by atoms with Crippen LogP contribution in [0.15, 0.2) is 89.0 Å². The highest BCUT2D eigenvalue weighted by atomic mass is 32.2. The van der Waals surface area contributed by atoms with Crippen LogP contribution in [0.2, 0.25) is 0 Å². The molecule has 0 saturated heterocycles. The van der Waals surface area contributed by atoms with Crippen molar-refractivity contribution in [2.45, 2.75) is 5.16 Å². The molecule has 33 heavy (non-hydrogen) atoms. The van der Waals surface area contributed by atoms with Crippen molar-refractivity contribution in [3.63, 3.8) is 0 Å². The normalized spacial score (nSPS) is 11.3. The molecule has 1 heterocycles. The van der Waals surface area contributed by atoms with Gasteiger partial charge in [0.15, 0.2) is 16.1 Å². The van der Waals surface area contributed by atoms with Gasteiger partial charge in [-0.25, -0.2) is 9.98 Å². The van der Waals surface area contributed by atoms with Crippen molar-refractivity contribution < 1.29 is 9.47 Å². The van der Waals surface area contributed by atoms with Gasteiger partial charge in [0.05, 0.1) is 19.9 Å². The summed E-state index contributed by atoms with van der Waals surface area (Å²) in [7, 11) is 3.21. The van der Waals surface area contributed by atoms with Gasteiger partial charge in [-0.2, -0.15) is 4.98 Å². The van der Waals surface area contributed by atoms with Crippen molar-refractivity contribution in [1.82, 2.24) is 14.5 Å². The van der Waals surface area contributed by atoms with Crippen LogP contribution in [0.25, 0.3) is 17.1 Å². The average Bonchev–Trinajstić information content (AvgIpc) is 2.85. The van der Waals surface area contributed by atoms with E-state index in [9.17, 15) is 0 Å². The molecule has 166 valence electrons. The monoisotopic (exact) mass is 475 g/mol. The number of nitrogens with two attached hydrogens (primary N) is 1. The summed E-state index contributed by atoms with van der Waals surface area (Å²) in [6.45, 7) is 0. The molecule has 0 atom stereocenters. The molecule has 4 rings (SSSR count). The molecule has 0 aliphatic heterocycles. The minimum Gasteiger partial charge on any atom is -0.497 e. The number of thioether (sulfide) groups is 1. The van der Waals surface area contributed by atoms with Crippen molar-refractivity contribution in [1.29, 1.82) is 0 Å². The van der Waals surface area contributed by atoms with E-state index in [1.807, 2.05) is 78.9 Å². The van der Waals surface area contributed by atoms with Gasteiger partial charge >= 0.3 is 0 Å². The summed E-state index contributed by atoms with van der Waals surface area (Å²) in [6.07, 6.45) is 0. The standard InChI is InChI=1S/C24H21N5O2S2/c1-30-18-14-12-17(13-15-18)29-23(32)27-21(16-8-4-3-5-9-16)28-24(29)33-22(25)26-19-10-6-7-11-20(19)31-2/h3-15H,1-2H3,(H2,25,26). The number of aromatic nitrogens is 3. The van der Waals surface area contributed by atoms with Gasteiger partial charge in [0.2, 0.25) is 4.77 Å². The molecule has 2 N–H and O–H groups in total. The molecule has 0 bridgehead atoms. The maximum Gasteiger partial charge on any atom is 0.208 e. The van der Waals surface area contributed by atoms with Crippen molar-refractivity contribution in [3.05, 3.63) is 83.6 Å². The summed E-state index contributed by atoms with van der Waals surface area (Å²) in [5.74, 6) is 1.87. The Balaban J connectivity index is 1.81. The van der Waals surface area contributed by atoms with Crippen LogP contribution in [0, 0.1) is 4.77 Å². The molecule has 0 aliphatic carbocycles.